The number of amides is 2. The van der Waals surface area contributed by atoms with Crippen molar-refractivity contribution in [1.82, 2.24) is 10.3 Å². The fourth-order valence-corrected chi connectivity index (χ4v) is 3.72. The number of nitrogens with one attached hydrogen (secondary N) is 2. The number of primary amides is 1. The highest BCUT2D eigenvalue weighted by Crippen LogP contribution is 2.32. The second kappa shape index (κ2) is 6.24. The number of nitrogens with two attached hydrogens (primary N) is 1. The van der Waals surface area contributed by atoms with Crippen LogP contribution in [-0.4, -0.2) is 22.3 Å². The smallest absolute Gasteiger partial charge is 0.253 e. The molecule has 0 atom stereocenters. The maximum Gasteiger partial charge on any atom is 0.253 e. The van der Waals surface area contributed by atoms with Gasteiger partial charge >= 0.3 is 0 Å². The molecule has 4 N–H and O–H groups in total. The first-order valence-electron chi connectivity index (χ1n) is 7.87. The topological polar surface area (TPSA) is 88.0 Å². The number of aromatic amines is 1. The van der Waals surface area contributed by atoms with Gasteiger partial charge in [-0.25, -0.2) is 0 Å². The molecule has 0 saturated heterocycles. The van der Waals surface area contributed by atoms with Crippen LogP contribution in [0.3, 0.4) is 0 Å². The Hall–Kier alpha value is -2.01. The van der Waals surface area contributed by atoms with E-state index < -0.39 is 11.4 Å². The van der Waals surface area contributed by atoms with E-state index in [2.05, 4.69) is 10.3 Å². The van der Waals surface area contributed by atoms with Gasteiger partial charge < -0.3 is 16.0 Å². The van der Waals surface area contributed by atoms with Crippen molar-refractivity contribution in [3.63, 3.8) is 0 Å². The number of rotatable bonds is 4. The molecule has 0 unspecified atom stereocenters. The molecule has 1 aliphatic carbocycles. The third-order valence-electron chi connectivity index (χ3n) is 4.59. The van der Waals surface area contributed by atoms with Crippen molar-refractivity contribution < 1.29 is 9.59 Å². The lowest BCUT2D eigenvalue weighted by Gasteiger charge is -2.37. The van der Waals surface area contributed by atoms with Crippen LogP contribution < -0.4 is 11.1 Å². The summed E-state index contributed by atoms with van der Waals surface area (Å²) in [5.74, 6) is -0.646. The summed E-state index contributed by atoms with van der Waals surface area (Å²) in [5.41, 5.74) is 6.11. The monoisotopic (exact) mass is 333 g/mol. The molecule has 6 heteroatoms. The summed E-state index contributed by atoms with van der Waals surface area (Å²) in [7, 11) is 0. The molecule has 0 aliphatic heterocycles. The van der Waals surface area contributed by atoms with Crippen LogP contribution in [0.1, 0.15) is 48.9 Å². The van der Waals surface area contributed by atoms with Crippen molar-refractivity contribution in [2.75, 3.05) is 0 Å². The lowest BCUT2D eigenvalue weighted by molar-refractivity contribution is -0.119. The van der Waals surface area contributed by atoms with E-state index in [0.29, 0.717) is 10.6 Å². The first kappa shape index (κ1) is 15.9. The molecular weight excluding hydrogens is 314 g/mol. The van der Waals surface area contributed by atoms with E-state index in [0.717, 1.165) is 43.0 Å². The van der Waals surface area contributed by atoms with Gasteiger partial charge in [0.05, 0.1) is 10.6 Å². The fourth-order valence-electron chi connectivity index (χ4n) is 3.46. The van der Waals surface area contributed by atoms with Crippen LogP contribution in [0.2, 0.25) is 5.02 Å². The van der Waals surface area contributed by atoms with Gasteiger partial charge in [0.25, 0.3) is 5.91 Å². The van der Waals surface area contributed by atoms with Crippen LogP contribution in [0.4, 0.5) is 0 Å². The van der Waals surface area contributed by atoms with Gasteiger partial charge in [0.1, 0.15) is 0 Å². The molecule has 1 aliphatic rings. The molecule has 0 spiro atoms. The Morgan fingerprint density at radius 1 is 1.26 bits per heavy atom. The van der Waals surface area contributed by atoms with E-state index in [4.69, 9.17) is 17.3 Å². The van der Waals surface area contributed by atoms with Crippen molar-refractivity contribution >= 4 is 34.3 Å². The molecular formula is C17H20ClN3O2. The van der Waals surface area contributed by atoms with E-state index >= 15 is 0 Å². The molecule has 1 aromatic heterocycles. The average Bonchev–Trinajstić information content (AvgIpc) is 2.93. The molecule has 23 heavy (non-hydrogen) atoms. The second-order valence-corrected chi connectivity index (χ2v) is 6.74. The Morgan fingerprint density at radius 3 is 2.70 bits per heavy atom. The highest BCUT2D eigenvalue weighted by Gasteiger charge is 2.35. The molecule has 1 fully saturated rings. The predicted molar refractivity (Wildman–Crippen MR) is 90.4 cm³/mol. The van der Waals surface area contributed by atoms with Crippen molar-refractivity contribution in [2.24, 2.45) is 5.73 Å². The van der Waals surface area contributed by atoms with Gasteiger partial charge in [0.2, 0.25) is 5.91 Å². The minimum absolute atomic E-state index is 0.168. The first-order chi connectivity index (χ1) is 11.0. The predicted octanol–water partition coefficient (Wildman–Crippen LogP) is 3.13. The standard InChI is InChI=1S/C17H20ClN3O2/c18-13-8-11-4-7-20-14(11)9-12(13)16(23)21-17(10-15(19)22)5-2-1-3-6-17/h4,7-9,20H,1-3,5-6,10H2,(H2,19,22)(H,21,23). The highest BCUT2D eigenvalue weighted by molar-refractivity contribution is 6.34. The Balaban J connectivity index is 1.87. The van der Waals surface area contributed by atoms with Crippen molar-refractivity contribution in [3.05, 3.63) is 35.0 Å². The zero-order valence-corrected chi connectivity index (χ0v) is 13.6. The van der Waals surface area contributed by atoms with Crippen LogP contribution in [0.25, 0.3) is 10.9 Å². The first-order valence-corrected chi connectivity index (χ1v) is 8.24. The Kier molecular flexibility index (Phi) is 4.31. The normalized spacial score (nSPS) is 17.1. The van der Waals surface area contributed by atoms with Crippen LogP contribution in [0.15, 0.2) is 24.4 Å². The third kappa shape index (κ3) is 3.34. The van der Waals surface area contributed by atoms with Gasteiger partial charge in [-0.1, -0.05) is 30.9 Å². The number of H-pyrrole nitrogens is 1. The maximum absolute atomic E-state index is 12.7. The maximum atomic E-state index is 12.7. The molecule has 2 amide bonds. The van der Waals surface area contributed by atoms with E-state index in [1.807, 2.05) is 6.07 Å². The summed E-state index contributed by atoms with van der Waals surface area (Å²) >= 11 is 6.26. The molecule has 1 saturated carbocycles. The number of benzene rings is 1. The number of carbonyl (C=O) groups is 2. The lowest BCUT2D eigenvalue weighted by Crippen LogP contribution is -2.52. The van der Waals surface area contributed by atoms with E-state index in [-0.39, 0.29) is 12.3 Å². The molecule has 5 nitrogen and oxygen atoms in total. The summed E-state index contributed by atoms with van der Waals surface area (Å²) in [6.45, 7) is 0. The Bertz CT molecular complexity index is 747. The minimum Gasteiger partial charge on any atom is -0.370 e. The molecule has 2 aromatic rings. The van der Waals surface area contributed by atoms with Gasteiger partial charge in [-0.05, 0) is 31.0 Å². The Morgan fingerprint density at radius 2 is 2.00 bits per heavy atom. The zero-order chi connectivity index (χ0) is 16.4. The SMILES string of the molecule is NC(=O)CC1(NC(=O)c2cc3[nH]ccc3cc2Cl)CCCCC1. The van der Waals surface area contributed by atoms with Crippen LogP contribution in [-0.2, 0) is 4.79 Å². The third-order valence-corrected chi connectivity index (χ3v) is 4.90. The van der Waals surface area contributed by atoms with Gasteiger partial charge in [-0.3, -0.25) is 9.59 Å². The van der Waals surface area contributed by atoms with Crippen LogP contribution >= 0.6 is 11.6 Å². The quantitative estimate of drug-likeness (QED) is 0.802. The molecule has 3 rings (SSSR count). The summed E-state index contributed by atoms with van der Waals surface area (Å²) in [4.78, 5) is 27.2. The van der Waals surface area contributed by atoms with E-state index in [1.165, 1.54) is 0 Å². The lowest BCUT2D eigenvalue weighted by atomic mass is 9.79. The zero-order valence-electron chi connectivity index (χ0n) is 12.8. The molecule has 0 bridgehead atoms. The number of hydrogen-bond donors (Lipinski definition) is 3. The highest BCUT2D eigenvalue weighted by atomic mass is 35.5. The van der Waals surface area contributed by atoms with Gasteiger partial charge in [0, 0.05) is 29.1 Å². The largest absolute Gasteiger partial charge is 0.370 e. The molecule has 1 aromatic carbocycles. The van der Waals surface area contributed by atoms with Gasteiger partial charge in [-0.15, -0.1) is 0 Å². The Labute approximate surface area is 139 Å². The number of aromatic nitrogens is 1. The summed E-state index contributed by atoms with van der Waals surface area (Å²) in [6.07, 6.45) is 6.59. The fraction of sp³-hybridized carbons (Fsp3) is 0.412. The van der Waals surface area contributed by atoms with E-state index in [1.54, 1.807) is 18.3 Å². The number of fused-ring (bicyclic) bond motifs is 1. The molecule has 122 valence electrons. The van der Waals surface area contributed by atoms with Crippen LogP contribution in [0.5, 0.6) is 0 Å². The molecule has 1 heterocycles. The van der Waals surface area contributed by atoms with Crippen molar-refractivity contribution in [3.8, 4) is 0 Å². The number of halogens is 1. The summed E-state index contributed by atoms with van der Waals surface area (Å²) in [6, 6.07) is 5.41. The van der Waals surface area contributed by atoms with Gasteiger partial charge in [-0.2, -0.15) is 0 Å². The number of hydrogen-bond acceptors (Lipinski definition) is 2. The molecule has 0 radical (unpaired) electrons. The van der Waals surface area contributed by atoms with E-state index in [9.17, 15) is 9.59 Å². The van der Waals surface area contributed by atoms with Gasteiger partial charge in [0.15, 0.2) is 0 Å². The minimum atomic E-state index is -0.546. The summed E-state index contributed by atoms with van der Waals surface area (Å²) < 4.78 is 0. The second-order valence-electron chi connectivity index (χ2n) is 6.34. The van der Waals surface area contributed by atoms with Crippen molar-refractivity contribution in [1.29, 1.82) is 0 Å². The summed E-state index contributed by atoms with van der Waals surface area (Å²) in [5, 5.41) is 4.40. The van der Waals surface area contributed by atoms with Crippen molar-refractivity contribution in [2.45, 2.75) is 44.1 Å². The average molecular weight is 334 g/mol. The van der Waals surface area contributed by atoms with Crippen LogP contribution in [0, 0.1) is 0 Å². The number of carbonyl (C=O) groups excluding carboxylic acids is 2.